The molecular formula is C36H49FN4O4Si. The number of benzene rings is 2. The smallest absolute Gasteiger partial charge is 0.296 e. The molecule has 2 aliphatic rings. The van der Waals surface area contributed by atoms with Crippen LogP contribution < -0.4 is 19.9 Å². The molecule has 0 spiro atoms. The molecule has 0 saturated carbocycles. The second-order valence-electron chi connectivity index (χ2n) is 13.7. The average molecular weight is 649 g/mol. The van der Waals surface area contributed by atoms with Gasteiger partial charge in [0.1, 0.15) is 26.2 Å². The van der Waals surface area contributed by atoms with Gasteiger partial charge in [-0.05, 0) is 67.0 Å². The first-order valence-corrected chi connectivity index (χ1v) is 18.8. The molecule has 8 nitrogen and oxygen atoms in total. The highest BCUT2D eigenvalue weighted by Gasteiger charge is 2.42. The number of hydrogen-bond acceptors (Lipinski definition) is 7. The van der Waals surface area contributed by atoms with E-state index in [1.54, 1.807) is 13.2 Å². The number of ether oxygens (including phenoxy) is 3. The Morgan fingerprint density at radius 3 is 2.48 bits per heavy atom. The maximum absolute atomic E-state index is 15.9. The first-order chi connectivity index (χ1) is 22.0. The number of aromatic nitrogens is 2. The number of anilines is 1. The lowest BCUT2D eigenvalue weighted by molar-refractivity contribution is 0.0512. The van der Waals surface area contributed by atoms with E-state index in [0.717, 1.165) is 35.8 Å². The molecule has 2 aliphatic heterocycles. The van der Waals surface area contributed by atoms with Crippen LogP contribution >= 0.6 is 0 Å². The summed E-state index contributed by atoms with van der Waals surface area (Å²) in [5.74, 6) is 3.69. The number of likely N-dealkylation sites (tertiary alicyclic amines) is 1. The maximum Gasteiger partial charge on any atom is 0.296 e. The molecule has 0 bridgehead atoms. The molecule has 1 atom stereocenters. The van der Waals surface area contributed by atoms with Crippen LogP contribution in [0, 0.1) is 17.3 Å². The molecule has 1 saturated heterocycles. The van der Waals surface area contributed by atoms with Gasteiger partial charge in [-0.15, -0.1) is 5.54 Å². The van der Waals surface area contributed by atoms with Crippen molar-refractivity contribution in [1.82, 2.24) is 14.9 Å². The topological polar surface area (TPSA) is 79.9 Å². The van der Waals surface area contributed by atoms with Crippen molar-refractivity contribution in [2.45, 2.75) is 90.0 Å². The number of aromatic amines is 1. The minimum absolute atomic E-state index is 0.0841. The predicted molar refractivity (Wildman–Crippen MR) is 185 cm³/mol. The minimum atomic E-state index is -2.14. The fourth-order valence-corrected chi connectivity index (χ4v) is 12.8. The lowest BCUT2D eigenvalue weighted by Gasteiger charge is -2.38. The van der Waals surface area contributed by atoms with Gasteiger partial charge in [0, 0.05) is 36.7 Å². The Morgan fingerprint density at radius 1 is 1.09 bits per heavy atom. The molecule has 2 aromatic carbocycles. The van der Waals surface area contributed by atoms with Gasteiger partial charge in [0.05, 0.1) is 23.5 Å². The summed E-state index contributed by atoms with van der Waals surface area (Å²) in [6, 6.07) is 7.66. The molecule has 248 valence electrons. The normalized spacial score (nSPS) is 17.1. The molecule has 3 heterocycles. The third-order valence-corrected chi connectivity index (χ3v) is 16.4. The first kappa shape index (κ1) is 34.0. The summed E-state index contributed by atoms with van der Waals surface area (Å²) in [6.07, 6.45) is 2.69. The molecule has 3 aromatic rings. The van der Waals surface area contributed by atoms with Crippen molar-refractivity contribution in [2.24, 2.45) is 0 Å². The van der Waals surface area contributed by atoms with Crippen molar-refractivity contribution in [3.8, 4) is 23.2 Å². The summed E-state index contributed by atoms with van der Waals surface area (Å²) < 4.78 is 33.0. The highest BCUT2D eigenvalue weighted by molar-refractivity contribution is 6.90. The van der Waals surface area contributed by atoms with Crippen LogP contribution in [0.4, 0.5) is 10.1 Å². The van der Waals surface area contributed by atoms with Crippen LogP contribution in [-0.2, 0) is 17.7 Å². The molecule has 0 aliphatic carbocycles. The monoisotopic (exact) mass is 648 g/mol. The third kappa shape index (κ3) is 6.69. The molecule has 10 heteroatoms. The largest absolute Gasteiger partial charge is 0.467 e. The van der Waals surface area contributed by atoms with Gasteiger partial charge in [-0.3, -0.25) is 9.78 Å². The summed E-state index contributed by atoms with van der Waals surface area (Å²) in [5, 5.41) is 1.57. The standard InChI is InChI=1S/C36H49FN4O4Si/c1-23(2)46(24(3)4,25(5)6)17-14-29-31(37)12-11-26-18-28(45-22-43-8)19-33(34(26)29)41-16-13-30-32(20-41)38-36(39-35(30)42)44-21-27-10-9-15-40(27)7/h11-12,18-19,23-25,27H,9-10,13,15-16,20-22H2,1-8H3,(H,38,39,42)/t27-/m0/s1. The van der Waals surface area contributed by atoms with Crippen molar-refractivity contribution in [1.29, 1.82) is 0 Å². The van der Waals surface area contributed by atoms with Crippen LogP contribution in [0.3, 0.4) is 0 Å². The zero-order valence-corrected chi connectivity index (χ0v) is 29.6. The lowest BCUT2D eigenvalue weighted by Crippen LogP contribution is -2.43. The van der Waals surface area contributed by atoms with Gasteiger partial charge in [-0.25, -0.2) is 4.39 Å². The number of nitrogens with zero attached hydrogens (tertiary/aromatic N) is 3. The van der Waals surface area contributed by atoms with Crippen molar-refractivity contribution < 1.29 is 18.6 Å². The molecule has 5 rings (SSSR count). The first-order valence-electron chi connectivity index (χ1n) is 16.6. The van der Waals surface area contributed by atoms with Gasteiger partial charge in [-0.2, -0.15) is 4.98 Å². The predicted octanol–water partition coefficient (Wildman–Crippen LogP) is 6.65. The number of rotatable bonds is 10. The highest BCUT2D eigenvalue weighted by Crippen LogP contribution is 2.42. The van der Waals surface area contributed by atoms with E-state index in [1.807, 2.05) is 12.1 Å². The third-order valence-electron chi connectivity index (χ3n) is 10.1. The van der Waals surface area contributed by atoms with E-state index in [9.17, 15) is 4.79 Å². The van der Waals surface area contributed by atoms with Gasteiger partial charge in [-0.1, -0.05) is 53.5 Å². The minimum Gasteiger partial charge on any atom is -0.467 e. The number of likely N-dealkylation sites (N-methyl/N-ethyl adjacent to an activating group) is 1. The summed E-state index contributed by atoms with van der Waals surface area (Å²) in [7, 11) is 1.53. The lowest BCUT2D eigenvalue weighted by atomic mass is 9.99. The fourth-order valence-electron chi connectivity index (χ4n) is 7.63. The molecule has 1 aromatic heterocycles. The van der Waals surface area contributed by atoms with Crippen molar-refractivity contribution in [2.75, 3.05) is 45.5 Å². The number of fused-ring (bicyclic) bond motifs is 2. The molecule has 0 unspecified atom stereocenters. The SMILES string of the molecule is COCOc1cc(N2CCc3c(nc(OC[C@@H]4CCCN4C)[nH]c3=O)C2)c2c(C#C[Si](C(C)C)(C(C)C)C(C)C)c(F)ccc2c1. The van der Waals surface area contributed by atoms with Gasteiger partial charge in [0.25, 0.3) is 11.6 Å². The molecule has 0 amide bonds. The van der Waals surface area contributed by atoms with Crippen LogP contribution in [0.5, 0.6) is 11.8 Å². The van der Waals surface area contributed by atoms with Crippen molar-refractivity contribution in [3.63, 3.8) is 0 Å². The number of halogens is 1. The number of nitrogens with one attached hydrogen (secondary N) is 1. The number of H-pyrrole nitrogens is 1. The van der Waals surface area contributed by atoms with E-state index in [1.165, 1.54) is 6.07 Å². The summed E-state index contributed by atoms with van der Waals surface area (Å²) in [5.41, 5.74) is 7.33. The zero-order valence-electron chi connectivity index (χ0n) is 28.6. The Labute approximate surface area is 273 Å². The quantitative estimate of drug-likeness (QED) is 0.150. The Bertz CT molecular complexity index is 1660. The highest BCUT2D eigenvalue weighted by atomic mass is 28.3. The fraction of sp³-hybridized carbons (Fsp3) is 0.556. The molecule has 1 fully saturated rings. The van der Waals surface area contributed by atoms with Gasteiger partial charge in [0.15, 0.2) is 6.79 Å². The van der Waals surface area contributed by atoms with E-state index in [0.29, 0.717) is 71.4 Å². The van der Waals surface area contributed by atoms with Crippen LogP contribution in [0.1, 0.15) is 71.2 Å². The van der Waals surface area contributed by atoms with E-state index in [2.05, 4.69) is 74.8 Å². The molecular weight excluding hydrogens is 600 g/mol. The van der Waals surface area contributed by atoms with E-state index in [4.69, 9.17) is 19.2 Å². The average Bonchev–Trinajstić information content (AvgIpc) is 3.43. The van der Waals surface area contributed by atoms with Crippen LogP contribution in [0.15, 0.2) is 29.1 Å². The summed E-state index contributed by atoms with van der Waals surface area (Å²) in [4.78, 5) is 25.1. The Balaban J connectivity index is 1.59. The van der Waals surface area contributed by atoms with Gasteiger partial charge in [0.2, 0.25) is 0 Å². The van der Waals surface area contributed by atoms with Crippen LogP contribution in [-0.4, -0.2) is 69.6 Å². The summed E-state index contributed by atoms with van der Waals surface area (Å²) in [6.45, 7) is 16.1. The summed E-state index contributed by atoms with van der Waals surface area (Å²) >= 11 is 0. The van der Waals surface area contributed by atoms with Crippen molar-refractivity contribution >= 4 is 24.5 Å². The Hall–Kier alpha value is -3.39. The van der Waals surface area contributed by atoms with Crippen molar-refractivity contribution in [3.05, 3.63) is 57.3 Å². The molecule has 46 heavy (non-hydrogen) atoms. The van der Waals surface area contributed by atoms with E-state index < -0.39 is 8.07 Å². The number of methoxy groups -OCH3 is 1. The second kappa shape index (κ2) is 14.2. The second-order valence-corrected chi connectivity index (χ2v) is 19.3. The Morgan fingerprint density at radius 2 is 1.83 bits per heavy atom. The zero-order chi connectivity index (χ0) is 33.2. The van der Waals surface area contributed by atoms with Gasteiger partial charge >= 0.3 is 0 Å². The van der Waals surface area contributed by atoms with Crippen LogP contribution in [0.25, 0.3) is 10.8 Å². The van der Waals surface area contributed by atoms with E-state index >= 15 is 4.39 Å². The Kier molecular flexibility index (Phi) is 10.5. The number of hydrogen-bond donors (Lipinski definition) is 1. The molecule has 1 N–H and O–H groups in total. The molecule has 0 radical (unpaired) electrons. The van der Waals surface area contributed by atoms with E-state index in [-0.39, 0.29) is 24.2 Å². The maximum atomic E-state index is 15.9. The van der Waals surface area contributed by atoms with Crippen LogP contribution in [0.2, 0.25) is 16.6 Å². The van der Waals surface area contributed by atoms with Gasteiger partial charge < -0.3 is 24.0 Å².